The Morgan fingerprint density at radius 3 is 2.74 bits per heavy atom. The number of hydrogen-bond donors (Lipinski definition) is 1. The topological polar surface area (TPSA) is 39.7 Å². The van der Waals surface area contributed by atoms with Crippen LogP contribution in [0.25, 0.3) is 0 Å². The molecule has 1 fully saturated rings. The Bertz CT molecular complexity index is 472. The Hall–Kier alpha value is -0.780. The third kappa shape index (κ3) is 2.47. The van der Waals surface area contributed by atoms with E-state index in [1.807, 2.05) is 0 Å². The van der Waals surface area contributed by atoms with E-state index in [0.717, 1.165) is 42.1 Å². The highest BCUT2D eigenvalue weighted by Crippen LogP contribution is 2.44. The summed E-state index contributed by atoms with van der Waals surface area (Å²) in [6.07, 6.45) is 1.00. The van der Waals surface area contributed by atoms with E-state index in [4.69, 9.17) is 14.2 Å². The Morgan fingerprint density at radius 2 is 2.05 bits per heavy atom. The van der Waals surface area contributed by atoms with Gasteiger partial charge in [0.1, 0.15) is 13.2 Å². The molecule has 104 valence electrons. The molecule has 0 amide bonds. The van der Waals surface area contributed by atoms with Crippen molar-refractivity contribution in [3.8, 4) is 11.5 Å². The van der Waals surface area contributed by atoms with Crippen LogP contribution in [0.4, 0.5) is 0 Å². The molecule has 2 heterocycles. The lowest BCUT2D eigenvalue weighted by molar-refractivity contribution is 0.0267. The summed E-state index contributed by atoms with van der Waals surface area (Å²) in [7, 11) is 0. The van der Waals surface area contributed by atoms with E-state index in [-0.39, 0.29) is 6.10 Å². The van der Waals surface area contributed by atoms with E-state index < -0.39 is 0 Å². The van der Waals surface area contributed by atoms with Gasteiger partial charge in [-0.1, -0.05) is 6.92 Å². The minimum absolute atomic E-state index is 0.0934. The molecule has 4 nitrogen and oxygen atoms in total. The molecule has 1 aromatic rings. The zero-order chi connectivity index (χ0) is 13.2. The van der Waals surface area contributed by atoms with Crippen molar-refractivity contribution < 1.29 is 14.2 Å². The molecule has 0 saturated carbocycles. The van der Waals surface area contributed by atoms with E-state index in [0.29, 0.717) is 13.2 Å². The van der Waals surface area contributed by atoms with Crippen LogP contribution in [0.3, 0.4) is 0 Å². The number of halogens is 1. The largest absolute Gasteiger partial charge is 0.486 e. The average molecular weight is 328 g/mol. The molecule has 0 bridgehead atoms. The maximum absolute atomic E-state index is 5.87. The molecule has 19 heavy (non-hydrogen) atoms. The van der Waals surface area contributed by atoms with Gasteiger partial charge in [-0.25, -0.2) is 0 Å². The predicted molar refractivity (Wildman–Crippen MR) is 76.1 cm³/mol. The number of fused-ring (bicyclic) bond motifs is 1. The second-order valence-corrected chi connectivity index (χ2v) is 5.55. The highest BCUT2D eigenvalue weighted by Gasteiger charge is 2.26. The van der Waals surface area contributed by atoms with Crippen LogP contribution in [-0.2, 0) is 11.2 Å². The predicted octanol–water partition coefficient (Wildman–Crippen LogP) is 2.44. The van der Waals surface area contributed by atoms with Crippen LogP contribution in [0.5, 0.6) is 11.5 Å². The summed E-state index contributed by atoms with van der Waals surface area (Å²) in [5, 5.41) is 3.37. The summed E-state index contributed by atoms with van der Waals surface area (Å²) in [6.45, 7) is 5.87. The molecule has 0 radical (unpaired) electrons. The first kappa shape index (κ1) is 13.2. The average Bonchev–Trinajstić information content (AvgIpc) is 2.48. The van der Waals surface area contributed by atoms with Gasteiger partial charge in [0.25, 0.3) is 0 Å². The fraction of sp³-hybridized carbons (Fsp3) is 0.571. The van der Waals surface area contributed by atoms with Gasteiger partial charge in [0.05, 0.1) is 17.2 Å². The van der Waals surface area contributed by atoms with Crippen LogP contribution in [0.2, 0.25) is 0 Å². The van der Waals surface area contributed by atoms with Crippen molar-refractivity contribution >= 4 is 15.9 Å². The first-order valence-corrected chi connectivity index (χ1v) is 7.53. The molecule has 1 aromatic carbocycles. The lowest BCUT2D eigenvalue weighted by Gasteiger charge is -2.29. The van der Waals surface area contributed by atoms with Gasteiger partial charge in [-0.15, -0.1) is 0 Å². The van der Waals surface area contributed by atoms with Gasteiger partial charge in [-0.3, -0.25) is 0 Å². The molecule has 1 unspecified atom stereocenters. The molecule has 0 aromatic heterocycles. The van der Waals surface area contributed by atoms with Crippen molar-refractivity contribution in [3.63, 3.8) is 0 Å². The summed E-state index contributed by atoms with van der Waals surface area (Å²) in [4.78, 5) is 0. The van der Waals surface area contributed by atoms with Gasteiger partial charge < -0.3 is 19.5 Å². The summed E-state index contributed by atoms with van der Waals surface area (Å²) in [5.41, 5.74) is 2.40. The van der Waals surface area contributed by atoms with Crippen LogP contribution in [0.1, 0.15) is 24.2 Å². The summed E-state index contributed by atoms with van der Waals surface area (Å²) in [6, 6.07) is 2.12. The van der Waals surface area contributed by atoms with Crippen LogP contribution < -0.4 is 14.8 Å². The lowest BCUT2D eigenvalue weighted by Crippen LogP contribution is -2.34. The number of rotatable bonds is 2. The normalized spacial score (nSPS) is 22.3. The minimum Gasteiger partial charge on any atom is -0.486 e. The molecule has 2 aliphatic rings. The van der Waals surface area contributed by atoms with E-state index in [9.17, 15) is 0 Å². The highest BCUT2D eigenvalue weighted by molar-refractivity contribution is 9.10. The Labute approximate surface area is 121 Å². The summed E-state index contributed by atoms with van der Waals surface area (Å²) in [5.74, 6) is 1.71. The molecule has 2 aliphatic heterocycles. The number of hydrogen-bond acceptors (Lipinski definition) is 4. The van der Waals surface area contributed by atoms with Crippen LogP contribution >= 0.6 is 15.9 Å². The molecule has 1 saturated heterocycles. The quantitative estimate of drug-likeness (QED) is 0.905. The number of nitrogens with one attached hydrogen (secondary N) is 1. The van der Waals surface area contributed by atoms with E-state index >= 15 is 0 Å². The third-order valence-corrected chi connectivity index (χ3v) is 4.12. The fourth-order valence-corrected chi connectivity index (χ4v) is 3.20. The maximum atomic E-state index is 5.87. The number of morpholine rings is 1. The van der Waals surface area contributed by atoms with Crippen molar-refractivity contribution in [1.29, 1.82) is 0 Å². The van der Waals surface area contributed by atoms with E-state index in [1.165, 1.54) is 11.1 Å². The van der Waals surface area contributed by atoms with Gasteiger partial charge in [-0.2, -0.15) is 0 Å². The Kier molecular flexibility index (Phi) is 3.96. The monoisotopic (exact) mass is 327 g/mol. The number of benzene rings is 1. The van der Waals surface area contributed by atoms with Crippen molar-refractivity contribution in [3.05, 3.63) is 21.7 Å². The van der Waals surface area contributed by atoms with Gasteiger partial charge in [0.2, 0.25) is 0 Å². The number of ether oxygens (including phenoxy) is 3. The molecular weight excluding hydrogens is 310 g/mol. The van der Waals surface area contributed by atoms with E-state index in [2.05, 4.69) is 34.2 Å². The first-order valence-electron chi connectivity index (χ1n) is 6.74. The third-order valence-electron chi connectivity index (χ3n) is 3.53. The molecule has 1 N–H and O–H groups in total. The van der Waals surface area contributed by atoms with Crippen LogP contribution in [-0.4, -0.2) is 32.9 Å². The second kappa shape index (κ2) is 5.69. The van der Waals surface area contributed by atoms with Gasteiger partial charge in [-0.05, 0) is 34.0 Å². The molecule has 1 atom stereocenters. The molecular formula is C14H18BrNO3. The Morgan fingerprint density at radius 1 is 1.26 bits per heavy atom. The van der Waals surface area contributed by atoms with Crippen molar-refractivity contribution in [1.82, 2.24) is 5.32 Å². The van der Waals surface area contributed by atoms with Crippen LogP contribution in [0, 0.1) is 0 Å². The molecule has 5 heteroatoms. The zero-order valence-corrected chi connectivity index (χ0v) is 12.6. The molecule has 0 aliphatic carbocycles. The maximum Gasteiger partial charge on any atom is 0.175 e. The molecule has 3 rings (SSSR count). The van der Waals surface area contributed by atoms with Crippen molar-refractivity contribution in [2.24, 2.45) is 0 Å². The van der Waals surface area contributed by atoms with Crippen molar-refractivity contribution in [2.75, 3.05) is 32.9 Å². The summed E-state index contributed by atoms with van der Waals surface area (Å²) < 4.78 is 18.4. The smallest absolute Gasteiger partial charge is 0.175 e. The fourth-order valence-electron chi connectivity index (χ4n) is 2.66. The van der Waals surface area contributed by atoms with Crippen LogP contribution in [0.15, 0.2) is 10.5 Å². The zero-order valence-electron chi connectivity index (χ0n) is 11.0. The lowest BCUT2D eigenvalue weighted by atomic mass is 9.97. The molecule has 0 spiro atoms. The standard InChI is InChI=1S/C14H18BrNO3/c1-2-9-10(12-8-16-3-4-17-12)7-11(15)14-13(9)18-5-6-19-14/h7,12,16H,2-6,8H2,1H3. The highest BCUT2D eigenvalue weighted by atomic mass is 79.9. The van der Waals surface area contributed by atoms with Crippen molar-refractivity contribution in [2.45, 2.75) is 19.4 Å². The van der Waals surface area contributed by atoms with Gasteiger partial charge in [0.15, 0.2) is 11.5 Å². The second-order valence-electron chi connectivity index (χ2n) is 4.70. The van der Waals surface area contributed by atoms with E-state index in [1.54, 1.807) is 0 Å². The van der Waals surface area contributed by atoms with Gasteiger partial charge in [0, 0.05) is 18.7 Å². The minimum atomic E-state index is 0.0934. The Balaban J connectivity index is 2.05. The SMILES string of the molecule is CCc1c(C2CNCCO2)cc(Br)c2c1OCCO2. The first-order chi connectivity index (χ1) is 9.31. The van der Waals surface area contributed by atoms with Gasteiger partial charge >= 0.3 is 0 Å². The summed E-state index contributed by atoms with van der Waals surface area (Å²) >= 11 is 3.58.